The predicted molar refractivity (Wildman–Crippen MR) is 85.7 cm³/mol. The lowest BCUT2D eigenvalue weighted by atomic mass is 9.99. The van der Waals surface area contributed by atoms with Gasteiger partial charge >= 0.3 is 0 Å². The molecule has 0 aromatic heterocycles. The number of allylic oxidation sites excluding steroid dienone is 2. The first-order valence-electron chi connectivity index (χ1n) is 6.63. The van der Waals surface area contributed by atoms with Gasteiger partial charge in [-0.1, -0.05) is 61.2 Å². The average Bonchev–Trinajstić information content (AvgIpc) is 2.46. The van der Waals surface area contributed by atoms with Crippen LogP contribution in [0.1, 0.15) is 34.0 Å². The second-order valence-corrected chi connectivity index (χ2v) is 4.79. The van der Waals surface area contributed by atoms with Crippen molar-refractivity contribution in [3.63, 3.8) is 0 Å². The molecule has 0 atom stereocenters. The lowest BCUT2D eigenvalue weighted by molar-refractivity contribution is 0.101. The third-order valence-corrected chi connectivity index (χ3v) is 3.34. The maximum absolute atomic E-state index is 11.3. The molecule has 0 saturated heterocycles. The van der Waals surface area contributed by atoms with Gasteiger partial charge in [0.05, 0.1) is 0 Å². The third kappa shape index (κ3) is 3.12. The zero-order chi connectivity index (χ0) is 14.5. The average molecular weight is 262 g/mol. The van der Waals surface area contributed by atoms with Crippen molar-refractivity contribution in [2.75, 3.05) is 0 Å². The Balaban J connectivity index is 2.40. The normalized spacial score (nSPS) is 11.2. The second kappa shape index (κ2) is 6.16. The summed E-state index contributed by atoms with van der Waals surface area (Å²) in [6, 6.07) is 15.9. The summed E-state index contributed by atoms with van der Waals surface area (Å²) in [5.74, 6) is 0.0830. The van der Waals surface area contributed by atoms with Crippen LogP contribution in [0.4, 0.5) is 0 Å². The Kier molecular flexibility index (Phi) is 4.31. The number of carbonyl (C=O) groups is 1. The molecule has 0 aliphatic carbocycles. The maximum atomic E-state index is 11.3. The number of hydrogen-bond donors (Lipinski definition) is 0. The Bertz CT molecular complexity index is 660. The van der Waals surface area contributed by atoms with Crippen LogP contribution in [0.5, 0.6) is 0 Å². The van der Waals surface area contributed by atoms with Gasteiger partial charge < -0.3 is 0 Å². The van der Waals surface area contributed by atoms with Crippen LogP contribution in [-0.4, -0.2) is 5.78 Å². The summed E-state index contributed by atoms with van der Waals surface area (Å²) in [6.45, 7) is 7.55. The summed E-state index contributed by atoms with van der Waals surface area (Å²) >= 11 is 0. The van der Waals surface area contributed by atoms with Crippen molar-refractivity contribution >= 4 is 17.4 Å². The molecule has 0 bridgehead atoms. The molecule has 0 amide bonds. The molecule has 0 N–H and O–H groups in total. The number of hydrogen-bond acceptors (Lipinski definition) is 1. The van der Waals surface area contributed by atoms with E-state index < -0.39 is 0 Å². The molecule has 0 aliphatic rings. The minimum Gasteiger partial charge on any atom is -0.295 e. The van der Waals surface area contributed by atoms with Crippen LogP contribution in [0.25, 0.3) is 11.6 Å². The van der Waals surface area contributed by atoms with E-state index in [0.29, 0.717) is 0 Å². The van der Waals surface area contributed by atoms with Crippen LogP contribution in [0.3, 0.4) is 0 Å². The lowest BCUT2D eigenvalue weighted by Crippen LogP contribution is -1.92. The van der Waals surface area contributed by atoms with Crippen LogP contribution in [0.2, 0.25) is 0 Å². The van der Waals surface area contributed by atoms with Crippen molar-refractivity contribution < 1.29 is 4.79 Å². The summed E-state index contributed by atoms with van der Waals surface area (Å²) in [7, 11) is 0. The molecule has 0 spiro atoms. The fourth-order valence-electron chi connectivity index (χ4n) is 2.07. The van der Waals surface area contributed by atoms with E-state index in [1.165, 1.54) is 11.1 Å². The van der Waals surface area contributed by atoms with Gasteiger partial charge in [0.1, 0.15) is 0 Å². The summed E-state index contributed by atoms with van der Waals surface area (Å²) in [5.41, 5.74) is 5.25. The Morgan fingerprint density at radius 1 is 1.00 bits per heavy atom. The van der Waals surface area contributed by atoms with Gasteiger partial charge in [-0.25, -0.2) is 0 Å². The van der Waals surface area contributed by atoms with Crippen molar-refractivity contribution in [1.29, 1.82) is 0 Å². The summed E-state index contributed by atoms with van der Waals surface area (Å²) < 4.78 is 0. The first-order valence-corrected chi connectivity index (χ1v) is 6.63. The van der Waals surface area contributed by atoms with E-state index >= 15 is 0 Å². The van der Waals surface area contributed by atoms with Gasteiger partial charge in [0.2, 0.25) is 0 Å². The van der Waals surface area contributed by atoms with Gasteiger partial charge in [-0.2, -0.15) is 0 Å². The van der Waals surface area contributed by atoms with Crippen molar-refractivity contribution in [1.82, 2.24) is 0 Å². The molecule has 1 nitrogen and oxygen atoms in total. The molecule has 20 heavy (non-hydrogen) atoms. The van der Waals surface area contributed by atoms with Crippen molar-refractivity contribution in [3.8, 4) is 0 Å². The standard InChI is InChI=1S/C19H18O/c1-4-16(13-19-8-6-5-7-14(19)2)18-11-9-17(10-12-18)15(3)20/h4-13H,1H2,2-3H3/b16-13+. The fourth-order valence-corrected chi connectivity index (χ4v) is 2.07. The highest BCUT2D eigenvalue weighted by molar-refractivity contribution is 5.95. The fraction of sp³-hybridized carbons (Fsp3) is 0.105. The Hall–Kier alpha value is -2.41. The Morgan fingerprint density at radius 2 is 1.60 bits per heavy atom. The molecule has 1 heteroatoms. The first-order chi connectivity index (χ1) is 9.61. The molecule has 100 valence electrons. The number of carbonyl (C=O) groups excluding carboxylic acids is 1. The van der Waals surface area contributed by atoms with E-state index in [9.17, 15) is 4.79 Å². The highest BCUT2D eigenvalue weighted by Gasteiger charge is 2.02. The number of benzene rings is 2. The van der Waals surface area contributed by atoms with E-state index in [1.54, 1.807) is 6.92 Å². The quantitative estimate of drug-likeness (QED) is 0.434. The van der Waals surface area contributed by atoms with Crippen LogP contribution in [0, 0.1) is 6.92 Å². The van der Waals surface area contributed by atoms with Gasteiger partial charge in [0, 0.05) is 5.56 Å². The van der Waals surface area contributed by atoms with E-state index in [2.05, 4.69) is 31.7 Å². The van der Waals surface area contributed by atoms with Crippen LogP contribution in [0.15, 0.2) is 61.2 Å². The summed E-state index contributed by atoms with van der Waals surface area (Å²) in [4.78, 5) is 11.3. The minimum atomic E-state index is 0.0830. The molecule has 0 saturated carbocycles. The highest BCUT2D eigenvalue weighted by Crippen LogP contribution is 2.21. The van der Waals surface area contributed by atoms with Crippen LogP contribution < -0.4 is 0 Å². The molecule has 0 fully saturated rings. The number of aryl methyl sites for hydroxylation is 1. The minimum absolute atomic E-state index is 0.0830. The molecule has 0 aliphatic heterocycles. The number of Topliss-reactive ketones (excluding diaryl/α,β-unsaturated/α-hetero) is 1. The molecular formula is C19H18O. The van der Waals surface area contributed by atoms with E-state index in [4.69, 9.17) is 0 Å². The van der Waals surface area contributed by atoms with E-state index in [0.717, 1.165) is 16.7 Å². The van der Waals surface area contributed by atoms with Gasteiger partial charge in [-0.3, -0.25) is 4.79 Å². The van der Waals surface area contributed by atoms with Crippen molar-refractivity contribution in [2.45, 2.75) is 13.8 Å². The molecular weight excluding hydrogens is 244 g/mol. The largest absolute Gasteiger partial charge is 0.295 e. The van der Waals surface area contributed by atoms with E-state index in [-0.39, 0.29) is 5.78 Å². The molecule has 0 heterocycles. The Morgan fingerprint density at radius 3 is 2.15 bits per heavy atom. The van der Waals surface area contributed by atoms with Crippen LogP contribution in [-0.2, 0) is 0 Å². The topological polar surface area (TPSA) is 17.1 Å². The monoisotopic (exact) mass is 262 g/mol. The van der Waals surface area contributed by atoms with Crippen molar-refractivity contribution in [2.24, 2.45) is 0 Å². The van der Waals surface area contributed by atoms with E-state index in [1.807, 2.05) is 42.5 Å². The van der Waals surface area contributed by atoms with Gasteiger partial charge in [0.15, 0.2) is 5.78 Å². The molecule has 2 rings (SSSR count). The zero-order valence-electron chi connectivity index (χ0n) is 11.9. The third-order valence-electron chi connectivity index (χ3n) is 3.34. The van der Waals surface area contributed by atoms with Crippen molar-refractivity contribution in [3.05, 3.63) is 83.4 Å². The number of rotatable bonds is 4. The predicted octanol–water partition coefficient (Wildman–Crippen LogP) is 4.92. The first kappa shape index (κ1) is 14.0. The smallest absolute Gasteiger partial charge is 0.159 e. The van der Waals surface area contributed by atoms with Crippen LogP contribution >= 0.6 is 0 Å². The summed E-state index contributed by atoms with van der Waals surface area (Å²) in [6.07, 6.45) is 3.96. The van der Waals surface area contributed by atoms with Gasteiger partial charge in [0.25, 0.3) is 0 Å². The van der Waals surface area contributed by atoms with Gasteiger partial charge in [-0.15, -0.1) is 0 Å². The van der Waals surface area contributed by atoms with Gasteiger partial charge in [-0.05, 0) is 42.2 Å². The molecule has 2 aromatic carbocycles. The molecule has 2 aromatic rings. The second-order valence-electron chi connectivity index (χ2n) is 4.79. The molecule has 0 radical (unpaired) electrons. The maximum Gasteiger partial charge on any atom is 0.159 e. The highest BCUT2D eigenvalue weighted by atomic mass is 16.1. The lowest BCUT2D eigenvalue weighted by Gasteiger charge is -2.06. The zero-order valence-corrected chi connectivity index (χ0v) is 11.9. The molecule has 0 unspecified atom stereocenters. The Labute approximate surface area is 120 Å². The summed E-state index contributed by atoms with van der Waals surface area (Å²) in [5, 5.41) is 0. The number of ketones is 1. The SMILES string of the molecule is C=C/C(=C\c1ccccc1C)c1ccc(C(C)=O)cc1.